The zero-order valence-electron chi connectivity index (χ0n) is 8.39. The van der Waals surface area contributed by atoms with Gasteiger partial charge >= 0.3 is 0 Å². The number of rotatable bonds is 4. The highest BCUT2D eigenvalue weighted by Gasteiger charge is 2.09. The average molecular weight is 200 g/mol. The lowest BCUT2D eigenvalue weighted by Crippen LogP contribution is -1.99. The first-order chi connectivity index (χ1) is 6.69. The number of benzene rings is 1. The zero-order chi connectivity index (χ0) is 10.6. The predicted molar refractivity (Wildman–Crippen MR) is 52.0 cm³/mol. The number of hydrogen-bond donors (Lipinski definition) is 0. The van der Waals surface area contributed by atoms with Crippen LogP contribution in [0.2, 0.25) is 0 Å². The maximum absolute atomic E-state index is 13.1. The van der Waals surface area contributed by atoms with Gasteiger partial charge in [0.2, 0.25) is 0 Å². The fourth-order valence-corrected chi connectivity index (χ4v) is 1.18. The first kappa shape index (κ1) is 11.0. The molecule has 0 aromatic heterocycles. The van der Waals surface area contributed by atoms with Gasteiger partial charge in [0.05, 0.1) is 13.3 Å². The first-order valence-corrected chi connectivity index (χ1v) is 4.67. The van der Waals surface area contributed by atoms with Gasteiger partial charge in [0, 0.05) is 5.92 Å². The van der Waals surface area contributed by atoms with Gasteiger partial charge in [0.1, 0.15) is 0 Å². The van der Waals surface area contributed by atoms with Crippen LogP contribution in [0.5, 0.6) is 5.75 Å². The largest absolute Gasteiger partial charge is 0.491 e. The second-order valence-corrected chi connectivity index (χ2v) is 3.18. The minimum absolute atomic E-state index is 0.199. The van der Waals surface area contributed by atoms with Gasteiger partial charge < -0.3 is 4.74 Å². The fourth-order valence-electron chi connectivity index (χ4n) is 1.18. The molecule has 1 aromatic carbocycles. The summed E-state index contributed by atoms with van der Waals surface area (Å²) in [4.78, 5) is 0. The van der Waals surface area contributed by atoms with Crippen molar-refractivity contribution in [1.82, 2.24) is 0 Å². The highest BCUT2D eigenvalue weighted by atomic mass is 19.1. The minimum atomic E-state index is -0.447. The van der Waals surface area contributed by atoms with Crippen molar-refractivity contribution in [2.45, 2.75) is 19.8 Å². The molecule has 0 aliphatic heterocycles. The van der Waals surface area contributed by atoms with Crippen LogP contribution in [0, 0.1) is 5.82 Å². The van der Waals surface area contributed by atoms with E-state index in [1.165, 1.54) is 6.07 Å². The number of ether oxygens (including phenoxy) is 1. The summed E-state index contributed by atoms with van der Waals surface area (Å²) in [6.07, 6.45) is 0. The van der Waals surface area contributed by atoms with Crippen LogP contribution in [-0.4, -0.2) is 13.3 Å². The van der Waals surface area contributed by atoms with E-state index in [0.717, 1.165) is 5.56 Å². The van der Waals surface area contributed by atoms with Crippen molar-refractivity contribution in [2.75, 3.05) is 13.3 Å². The maximum Gasteiger partial charge on any atom is 0.165 e. The average Bonchev–Trinajstić information content (AvgIpc) is 2.20. The normalized spacial score (nSPS) is 12.6. The molecule has 1 atom stereocenters. The summed E-state index contributed by atoms with van der Waals surface area (Å²) < 4.78 is 30.5. The summed E-state index contributed by atoms with van der Waals surface area (Å²) >= 11 is 0. The molecule has 0 heterocycles. The lowest BCUT2D eigenvalue weighted by Gasteiger charge is -2.10. The van der Waals surface area contributed by atoms with E-state index in [9.17, 15) is 8.78 Å². The summed E-state index contributed by atoms with van der Waals surface area (Å²) in [5, 5.41) is 0. The van der Waals surface area contributed by atoms with Gasteiger partial charge in [-0.15, -0.1) is 0 Å². The van der Waals surface area contributed by atoms with Gasteiger partial charge in [0.25, 0.3) is 0 Å². The van der Waals surface area contributed by atoms with Crippen molar-refractivity contribution < 1.29 is 13.5 Å². The molecule has 0 radical (unpaired) electrons. The molecule has 14 heavy (non-hydrogen) atoms. The van der Waals surface area contributed by atoms with Crippen molar-refractivity contribution in [1.29, 1.82) is 0 Å². The van der Waals surface area contributed by atoms with Gasteiger partial charge in [-0.3, -0.25) is 4.39 Å². The Labute approximate surface area is 82.7 Å². The van der Waals surface area contributed by atoms with Crippen LogP contribution in [0.4, 0.5) is 8.78 Å². The van der Waals surface area contributed by atoms with Crippen LogP contribution < -0.4 is 4.74 Å². The van der Waals surface area contributed by atoms with Gasteiger partial charge in [0.15, 0.2) is 11.6 Å². The molecule has 0 N–H and O–H groups in total. The standard InChI is InChI=1S/C11H14F2O/c1-3-14-11-6-9(8(2)7-12)4-5-10(11)13/h4-6,8H,3,7H2,1-2H3. The lowest BCUT2D eigenvalue weighted by molar-refractivity contribution is 0.320. The van der Waals surface area contributed by atoms with E-state index in [1.54, 1.807) is 26.0 Å². The zero-order valence-corrected chi connectivity index (χ0v) is 8.39. The van der Waals surface area contributed by atoms with E-state index >= 15 is 0 Å². The molecule has 3 heteroatoms. The van der Waals surface area contributed by atoms with Crippen molar-refractivity contribution in [3.63, 3.8) is 0 Å². The lowest BCUT2D eigenvalue weighted by atomic mass is 10.0. The van der Waals surface area contributed by atoms with E-state index < -0.39 is 12.5 Å². The molecule has 0 aliphatic carbocycles. The Morgan fingerprint density at radius 1 is 1.43 bits per heavy atom. The Balaban J connectivity index is 2.93. The van der Waals surface area contributed by atoms with Crippen LogP contribution in [-0.2, 0) is 0 Å². The third-order valence-electron chi connectivity index (χ3n) is 2.06. The molecule has 0 spiro atoms. The number of halogens is 2. The maximum atomic E-state index is 13.1. The van der Waals surface area contributed by atoms with E-state index in [4.69, 9.17) is 4.74 Å². The predicted octanol–water partition coefficient (Wildman–Crippen LogP) is 3.30. The summed E-state index contributed by atoms with van der Waals surface area (Å²) in [5.41, 5.74) is 0.761. The second-order valence-electron chi connectivity index (χ2n) is 3.18. The van der Waals surface area contributed by atoms with Crippen molar-refractivity contribution in [2.24, 2.45) is 0 Å². The molecule has 0 fully saturated rings. The molecule has 1 unspecified atom stereocenters. The molecular weight excluding hydrogens is 186 g/mol. The van der Waals surface area contributed by atoms with Gasteiger partial charge in [-0.1, -0.05) is 13.0 Å². The smallest absolute Gasteiger partial charge is 0.165 e. The van der Waals surface area contributed by atoms with Crippen LogP contribution in [0.15, 0.2) is 18.2 Å². The molecular formula is C11H14F2O. The molecule has 0 saturated carbocycles. The molecule has 0 amide bonds. The highest BCUT2D eigenvalue weighted by molar-refractivity contribution is 5.32. The quantitative estimate of drug-likeness (QED) is 0.724. The Kier molecular flexibility index (Phi) is 3.86. The summed E-state index contributed by atoms with van der Waals surface area (Å²) in [7, 11) is 0. The van der Waals surface area contributed by atoms with Crippen LogP contribution in [0.25, 0.3) is 0 Å². The van der Waals surface area contributed by atoms with Crippen molar-refractivity contribution in [3.8, 4) is 5.75 Å². The van der Waals surface area contributed by atoms with Gasteiger partial charge in [-0.25, -0.2) is 4.39 Å². The molecule has 0 bridgehead atoms. The first-order valence-electron chi connectivity index (χ1n) is 4.67. The Morgan fingerprint density at radius 3 is 2.71 bits per heavy atom. The topological polar surface area (TPSA) is 9.23 Å². The summed E-state index contributed by atoms with van der Waals surface area (Å²) in [6.45, 7) is 3.50. The van der Waals surface area contributed by atoms with E-state index in [-0.39, 0.29) is 11.7 Å². The Morgan fingerprint density at radius 2 is 2.14 bits per heavy atom. The van der Waals surface area contributed by atoms with Crippen molar-refractivity contribution in [3.05, 3.63) is 29.6 Å². The van der Waals surface area contributed by atoms with Gasteiger partial charge in [-0.05, 0) is 24.6 Å². The molecule has 78 valence electrons. The fraction of sp³-hybridized carbons (Fsp3) is 0.455. The molecule has 1 rings (SSSR count). The monoisotopic (exact) mass is 200 g/mol. The molecule has 0 aliphatic rings. The van der Waals surface area contributed by atoms with Crippen LogP contribution in [0.3, 0.4) is 0 Å². The Bertz CT molecular complexity index is 299. The molecule has 1 nitrogen and oxygen atoms in total. The Hall–Kier alpha value is -1.12. The van der Waals surface area contributed by atoms with E-state index in [1.807, 2.05) is 0 Å². The van der Waals surface area contributed by atoms with Crippen molar-refractivity contribution >= 4 is 0 Å². The van der Waals surface area contributed by atoms with E-state index in [2.05, 4.69) is 0 Å². The van der Waals surface area contributed by atoms with E-state index in [0.29, 0.717) is 6.61 Å². The van der Waals surface area contributed by atoms with Crippen LogP contribution in [0.1, 0.15) is 25.3 Å². The highest BCUT2D eigenvalue weighted by Crippen LogP contribution is 2.24. The van der Waals surface area contributed by atoms with Crippen LogP contribution >= 0.6 is 0 Å². The summed E-state index contributed by atoms with van der Waals surface area (Å²) in [6, 6.07) is 4.46. The molecule has 0 saturated heterocycles. The molecule has 1 aromatic rings. The number of alkyl halides is 1. The number of hydrogen-bond acceptors (Lipinski definition) is 1. The third kappa shape index (κ3) is 2.44. The second kappa shape index (κ2) is 4.94. The summed E-state index contributed by atoms with van der Waals surface area (Å²) in [5.74, 6) is -0.415. The third-order valence-corrected chi connectivity index (χ3v) is 2.06. The van der Waals surface area contributed by atoms with Gasteiger partial charge in [-0.2, -0.15) is 0 Å². The minimum Gasteiger partial charge on any atom is -0.491 e. The SMILES string of the molecule is CCOc1cc(C(C)CF)ccc1F.